The molecule has 17 heavy (non-hydrogen) atoms. The van der Waals surface area contributed by atoms with Crippen molar-refractivity contribution < 1.29 is 5.11 Å². The molecule has 0 aliphatic heterocycles. The summed E-state index contributed by atoms with van der Waals surface area (Å²) in [6, 6.07) is 4.72. The molecule has 1 aromatic carbocycles. The zero-order valence-corrected chi connectivity index (χ0v) is 11.7. The van der Waals surface area contributed by atoms with Crippen LogP contribution in [-0.2, 0) is 0 Å². The highest BCUT2D eigenvalue weighted by molar-refractivity contribution is 5.39. The van der Waals surface area contributed by atoms with Crippen molar-refractivity contribution in [3.8, 4) is 0 Å². The molecule has 1 rings (SSSR count). The number of aryl methyl sites for hydroxylation is 3. The van der Waals surface area contributed by atoms with E-state index in [1.165, 1.54) is 16.7 Å². The molecule has 2 N–H and O–H groups in total. The van der Waals surface area contributed by atoms with Gasteiger partial charge in [0.15, 0.2) is 0 Å². The van der Waals surface area contributed by atoms with Crippen LogP contribution in [0.5, 0.6) is 0 Å². The molecule has 0 aliphatic rings. The number of rotatable bonds is 5. The Kier molecular flexibility index (Phi) is 5.16. The summed E-state index contributed by atoms with van der Waals surface area (Å²) >= 11 is 0. The predicted octanol–water partition coefficient (Wildman–Crippen LogP) is 3.03. The summed E-state index contributed by atoms with van der Waals surface area (Å²) in [6.45, 7) is 11.1. The highest BCUT2D eigenvalue weighted by atomic mass is 16.3. The number of benzene rings is 1. The van der Waals surface area contributed by atoms with Crippen LogP contribution in [0.3, 0.4) is 0 Å². The molecule has 0 bridgehead atoms. The standard InChI is InChI=1S/C15H25NO/c1-6-13(5)16-9-14(17)15-11(3)7-10(2)8-12(15)4/h7-8,13-14,16-17H,6,9H2,1-5H3. The van der Waals surface area contributed by atoms with Crippen molar-refractivity contribution in [2.75, 3.05) is 6.54 Å². The van der Waals surface area contributed by atoms with Gasteiger partial charge >= 0.3 is 0 Å². The molecule has 2 unspecified atom stereocenters. The van der Waals surface area contributed by atoms with E-state index in [-0.39, 0.29) is 0 Å². The molecule has 1 aromatic rings. The first-order valence-corrected chi connectivity index (χ1v) is 6.44. The van der Waals surface area contributed by atoms with Gasteiger partial charge in [-0.25, -0.2) is 0 Å². The number of aliphatic hydroxyl groups excluding tert-OH is 1. The fourth-order valence-electron chi connectivity index (χ4n) is 2.28. The van der Waals surface area contributed by atoms with Crippen LogP contribution in [-0.4, -0.2) is 17.7 Å². The Labute approximate surface area is 105 Å². The fourth-order valence-corrected chi connectivity index (χ4v) is 2.28. The van der Waals surface area contributed by atoms with E-state index < -0.39 is 6.10 Å². The van der Waals surface area contributed by atoms with Gasteiger partial charge in [-0.05, 0) is 50.8 Å². The first kappa shape index (κ1) is 14.2. The Morgan fingerprint density at radius 2 is 1.71 bits per heavy atom. The van der Waals surface area contributed by atoms with E-state index in [0.717, 1.165) is 12.0 Å². The van der Waals surface area contributed by atoms with Crippen LogP contribution in [0.25, 0.3) is 0 Å². The Morgan fingerprint density at radius 3 is 2.18 bits per heavy atom. The molecule has 0 amide bonds. The zero-order valence-electron chi connectivity index (χ0n) is 11.7. The smallest absolute Gasteiger partial charge is 0.0919 e. The molecule has 0 saturated heterocycles. The van der Waals surface area contributed by atoms with Gasteiger partial charge in [0.1, 0.15) is 0 Å². The van der Waals surface area contributed by atoms with Gasteiger partial charge < -0.3 is 10.4 Å². The summed E-state index contributed by atoms with van der Waals surface area (Å²) in [4.78, 5) is 0. The normalized spacial score (nSPS) is 14.7. The topological polar surface area (TPSA) is 32.3 Å². The molecule has 2 heteroatoms. The van der Waals surface area contributed by atoms with Crippen molar-refractivity contribution in [1.29, 1.82) is 0 Å². The highest BCUT2D eigenvalue weighted by Gasteiger charge is 2.14. The minimum Gasteiger partial charge on any atom is -0.387 e. The van der Waals surface area contributed by atoms with Crippen molar-refractivity contribution in [1.82, 2.24) is 5.32 Å². The molecule has 96 valence electrons. The Bertz CT molecular complexity index is 350. The van der Waals surface area contributed by atoms with Gasteiger partial charge in [0.05, 0.1) is 6.10 Å². The van der Waals surface area contributed by atoms with Gasteiger partial charge in [-0.15, -0.1) is 0 Å². The molecule has 0 fully saturated rings. The van der Waals surface area contributed by atoms with Crippen molar-refractivity contribution in [2.24, 2.45) is 0 Å². The van der Waals surface area contributed by atoms with Crippen LogP contribution in [0.2, 0.25) is 0 Å². The van der Waals surface area contributed by atoms with Crippen LogP contribution in [0.4, 0.5) is 0 Å². The van der Waals surface area contributed by atoms with Crippen molar-refractivity contribution in [3.63, 3.8) is 0 Å². The average Bonchev–Trinajstić information content (AvgIpc) is 2.24. The first-order valence-electron chi connectivity index (χ1n) is 6.44. The summed E-state index contributed by atoms with van der Waals surface area (Å²) in [5, 5.41) is 13.6. The van der Waals surface area contributed by atoms with E-state index in [4.69, 9.17) is 0 Å². The molecular weight excluding hydrogens is 210 g/mol. The van der Waals surface area contributed by atoms with Crippen molar-refractivity contribution in [2.45, 2.75) is 53.2 Å². The number of aliphatic hydroxyl groups is 1. The quantitative estimate of drug-likeness (QED) is 0.822. The number of hydrogen-bond acceptors (Lipinski definition) is 2. The maximum atomic E-state index is 10.3. The largest absolute Gasteiger partial charge is 0.387 e. The van der Waals surface area contributed by atoms with Crippen LogP contribution in [0.1, 0.15) is 48.6 Å². The molecule has 0 aromatic heterocycles. The summed E-state index contributed by atoms with van der Waals surface area (Å²) in [5.74, 6) is 0. The molecule has 0 spiro atoms. The highest BCUT2D eigenvalue weighted by Crippen LogP contribution is 2.23. The second-order valence-corrected chi connectivity index (χ2v) is 5.05. The summed E-state index contributed by atoms with van der Waals surface area (Å²) < 4.78 is 0. The Hall–Kier alpha value is -0.860. The lowest BCUT2D eigenvalue weighted by atomic mass is 9.95. The minimum absolute atomic E-state index is 0.412. The maximum absolute atomic E-state index is 10.3. The second-order valence-electron chi connectivity index (χ2n) is 5.05. The summed E-state index contributed by atoms with van der Waals surface area (Å²) in [5.41, 5.74) is 4.69. The van der Waals surface area contributed by atoms with Crippen LogP contribution in [0, 0.1) is 20.8 Å². The fraction of sp³-hybridized carbons (Fsp3) is 0.600. The van der Waals surface area contributed by atoms with Gasteiger partial charge in [0, 0.05) is 12.6 Å². The third-order valence-corrected chi connectivity index (χ3v) is 3.34. The molecule has 0 saturated carbocycles. The van der Waals surface area contributed by atoms with E-state index in [2.05, 4.69) is 52.1 Å². The predicted molar refractivity (Wildman–Crippen MR) is 73.4 cm³/mol. The lowest BCUT2D eigenvalue weighted by molar-refractivity contribution is 0.169. The number of nitrogens with one attached hydrogen (secondary N) is 1. The van der Waals surface area contributed by atoms with Gasteiger partial charge in [-0.1, -0.05) is 24.6 Å². The molecule has 2 nitrogen and oxygen atoms in total. The van der Waals surface area contributed by atoms with Crippen molar-refractivity contribution >= 4 is 0 Å². The lowest BCUT2D eigenvalue weighted by Gasteiger charge is -2.20. The Balaban J connectivity index is 2.78. The second kappa shape index (κ2) is 6.18. The third kappa shape index (κ3) is 3.83. The van der Waals surface area contributed by atoms with Crippen LogP contribution >= 0.6 is 0 Å². The third-order valence-electron chi connectivity index (χ3n) is 3.34. The van der Waals surface area contributed by atoms with E-state index in [9.17, 15) is 5.11 Å². The van der Waals surface area contributed by atoms with E-state index in [1.807, 2.05) is 0 Å². The molecule has 0 aliphatic carbocycles. The minimum atomic E-state index is -0.412. The van der Waals surface area contributed by atoms with Gasteiger partial charge in [-0.3, -0.25) is 0 Å². The van der Waals surface area contributed by atoms with Crippen molar-refractivity contribution in [3.05, 3.63) is 34.4 Å². The SMILES string of the molecule is CCC(C)NCC(O)c1c(C)cc(C)cc1C. The van der Waals surface area contributed by atoms with Gasteiger partial charge in [0.25, 0.3) is 0 Å². The molecule has 0 radical (unpaired) electrons. The summed E-state index contributed by atoms with van der Waals surface area (Å²) in [6.07, 6.45) is 0.670. The van der Waals surface area contributed by atoms with E-state index in [0.29, 0.717) is 12.6 Å². The first-order chi connectivity index (χ1) is 7.95. The van der Waals surface area contributed by atoms with E-state index >= 15 is 0 Å². The molecule has 2 atom stereocenters. The van der Waals surface area contributed by atoms with E-state index in [1.54, 1.807) is 0 Å². The van der Waals surface area contributed by atoms with Crippen LogP contribution in [0.15, 0.2) is 12.1 Å². The lowest BCUT2D eigenvalue weighted by Crippen LogP contribution is -2.30. The van der Waals surface area contributed by atoms with Crippen LogP contribution < -0.4 is 5.32 Å². The molecular formula is C15H25NO. The molecule has 0 heterocycles. The number of hydrogen-bond donors (Lipinski definition) is 2. The summed E-state index contributed by atoms with van der Waals surface area (Å²) in [7, 11) is 0. The zero-order chi connectivity index (χ0) is 13.0. The van der Waals surface area contributed by atoms with Gasteiger partial charge in [0.2, 0.25) is 0 Å². The average molecular weight is 235 g/mol. The van der Waals surface area contributed by atoms with Gasteiger partial charge in [-0.2, -0.15) is 0 Å². The Morgan fingerprint density at radius 1 is 1.18 bits per heavy atom. The maximum Gasteiger partial charge on any atom is 0.0919 e. The monoisotopic (exact) mass is 235 g/mol.